The van der Waals surface area contributed by atoms with Gasteiger partial charge in [-0.1, -0.05) is 6.07 Å². The van der Waals surface area contributed by atoms with Gasteiger partial charge in [-0.05, 0) is 55.3 Å². The number of nitrogens with one attached hydrogen (secondary N) is 2. The third-order valence-electron chi connectivity index (χ3n) is 4.59. The molecule has 10 heteroatoms. The molecule has 0 aliphatic rings. The molecule has 0 spiro atoms. The summed E-state index contributed by atoms with van der Waals surface area (Å²) in [6, 6.07) is 12.7. The van der Waals surface area contributed by atoms with Crippen molar-refractivity contribution in [2.45, 2.75) is 13.3 Å². The summed E-state index contributed by atoms with van der Waals surface area (Å²) in [5, 5.41) is 17.8. The summed E-state index contributed by atoms with van der Waals surface area (Å²) >= 11 is 0. The van der Waals surface area contributed by atoms with Crippen molar-refractivity contribution in [2.75, 3.05) is 38.0 Å². The molecule has 0 amide bonds. The smallest absolute Gasteiger partial charge is 0.353 e. The van der Waals surface area contributed by atoms with Gasteiger partial charge in [0.05, 0.1) is 25.7 Å². The minimum atomic E-state index is -0.504. The molecular weight excluding hydrogens is 414 g/mol. The quantitative estimate of drug-likeness (QED) is 0.334. The summed E-state index contributed by atoms with van der Waals surface area (Å²) in [5.41, 5.74) is 1.40. The van der Waals surface area contributed by atoms with Gasteiger partial charge in [-0.2, -0.15) is 0 Å². The third-order valence-corrected chi connectivity index (χ3v) is 4.59. The number of aromatic nitrogens is 2. The number of ether oxygens (including phenoxy) is 3. The molecule has 0 atom stereocenters. The molecule has 0 bridgehead atoms. The van der Waals surface area contributed by atoms with E-state index >= 15 is 0 Å². The second kappa shape index (κ2) is 10.8. The number of methoxy groups -OCH3 is 2. The van der Waals surface area contributed by atoms with Gasteiger partial charge < -0.3 is 24.8 Å². The molecule has 0 aliphatic carbocycles. The molecule has 0 saturated heterocycles. The first kappa shape index (κ1) is 22.6. The number of hydrogen-bond acceptors (Lipinski definition) is 9. The van der Waals surface area contributed by atoms with Crippen molar-refractivity contribution in [3.63, 3.8) is 0 Å². The predicted molar refractivity (Wildman–Crippen MR) is 121 cm³/mol. The van der Waals surface area contributed by atoms with Crippen molar-refractivity contribution in [3.8, 4) is 17.2 Å². The van der Waals surface area contributed by atoms with Gasteiger partial charge in [0.25, 0.3) is 0 Å². The van der Waals surface area contributed by atoms with E-state index in [1.807, 2.05) is 25.1 Å². The largest absolute Gasteiger partial charge is 0.494 e. The van der Waals surface area contributed by atoms with Gasteiger partial charge in [0.2, 0.25) is 11.6 Å². The van der Waals surface area contributed by atoms with E-state index in [4.69, 9.17) is 14.2 Å². The summed E-state index contributed by atoms with van der Waals surface area (Å²) in [6.45, 7) is 2.88. The Hall–Kier alpha value is -4.08. The number of nitrogens with zero attached hydrogens (tertiary/aromatic N) is 3. The Morgan fingerprint density at radius 1 is 1.00 bits per heavy atom. The van der Waals surface area contributed by atoms with Crippen LogP contribution in [0.4, 0.5) is 23.0 Å². The average Bonchev–Trinajstić information content (AvgIpc) is 2.80. The SMILES string of the molecule is CCOc1ccc(Nc2ncnc(NCCc3ccc(OC)c(OC)c3)c2[N+](=O)[O-])cc1. The van der Waals surface area contributed by atoms with E-state index in [-0.39, 0.29) is 17.3 Å². The molecule has 168 valence electrons. The number of rotatable bonds is 11. The molecule has 1 aromatic heterocycles. The third kappa shape index (κ3) is 5.54. The van der Waals surface area contributed by atoms with E-state index in [1.54, 1.807) is 38.5 Å². The highest BCUT2D eigenvalue weighted by atomic mass is 16.6. The Bertz CT molecular complexity index is 1060. The fourth-order valence-electron chi connectivity index (χ4n) is 3.07. The summed E-state index contributed by atoms with van der Waals surface area (Å²) in [5.74, 6) is 2.22. The van der Waals surface area contributed by atoms with Crippen LogP contribution in [0.25, 0.3) is 0 Å². The Balaban J connectivity index is 1.72. The van der Waals surface area contributed by atoms with E-state index in [1.165, 1.54) is 6.33 Å². The maximum Gasteiger partial charge on any atom is 0.353 e. The first-order chi connectivity index (χ1) is 15.5. The lowest BCUT2D eigenvalue weighted by Crippen LogP contribution is -2.11. The summed E-state index contributed by atoms with van der Waals surface area (Å²) in [4.78, 5) is 19.4. The zero-order chi connectivity index (χ0) is 22.9. The van der Waals surface area contributed by atoms with Gasteiger partial charge in [0.15, 0.2) is 11.5 Å². The standard InChI is InChI=1S/C22H25N5O5/c1-4-32-17-8-6-16(7-9-17)26-22-20(27(28)29)21(24-14-25-22)23-12-11-15-5-10-18(30-2)19(13-15)31-3/h5-10,13-14H,4,11-12H2,1-3H3,(H2,23,24,25,26). The van der Waals surface area contributed by atoms with Gasteiger partial charge in [-0.25, -0.2) is 9.97 Å². The summed E-state index contributed by atoms with van der Waals surface area (Å²) in [7, 11) is 3.15. The summed E-state index contributed by atoms with van der Waals surface area (Å²) in [6.07, 6.45) is 1.88. The second-order valence-corrected chi connectivity index (χ2v) is 6.63. The van der Waals surface area contributed by atoms with Gasteiger partial charge in [-0.3, -0.25) is 10.1 Å². The van der Waals surface area contributed by atoms with Crippen molar-refractivity contribution in [3.05, 3.63) is 64.5 Å². The van der Waals surface area contributed by atoms with Crippen LogP contribution in [0, 0.1) is 10.1 Å². The van der Waals surface area contributed by atoms with Gasteiger partial charge in [0.1, 0.15) is 12.1 Å². The lowest BCUT2D eigenvalue weighted by molar-refractivity contribution is -0.383. The van der Waals surface area contributed by atoms with Crippen LogP contribution in [0.1, 0.15) is 12.5 Å². The normalized spacial score (nSPS) is 10.3. The maximum atomic E-state index is 11.8. The van der Waals surface area contributed by atoms with Crippen LogP contribution >= 0.6 is 0 Å². The fraction of sp³-hybridized carbons (Fsp3) is 0.273. The molecule has 2 aromatic carbocycles. The van der Waals surface area contributed by atoms with Crippen LogP contribution in [0.3, 0.4) is 0 Å². The van der Waals surface area contributed by atoms with Crippen LogP contribution in [0.5, 0.6) is 17.2 Å². The van der Waals surface area contributed by atoms with Gasteiger partial charge in [0, 0.05) is 12.2 Å². The minimum Gasteiger partial charge on any atom is -0.494 e. The predicted octanol–water partition coefficient (Wildman–Crippen LogP) is 4.20. The van der Waals surface area contributed by atoms with E-state index in [0.29, 0.717) is 42.5 Å². The van der Waals surface area contributed by atoms with Crippen molar-refractivity contribution in [2.24, 2.45) is 0 Å². The fourth-order valence-corrected chi connectivity index (χ4v) is 3.07. The topological polar surface area (TPSA) is 121 Å². The molecule has 0 radical (unpaired) electrons. The maximum absolute atomic E-state index is 11.8. The van der Waals surface area contributed by atoms with E-state index < -0.39 is 4.92 Å². The second-order valence-electron chi connectivity index (χ2n) is 6.63. The van der Waals surface area contributed by atoms with E-state index in [2.05, 4.69) is 20.6 Å². The zero-order valence-electron chi connectivity index (χ0n) is 18.1. The molecule has 1 heterocycles. The molecule has 0 saturated carbocycles. The van der Waals surface area contributed by atoms with Crippen LogP contribution in [-0.4, -0.2) is 42.3 Å². The molecule has 0 fully saturated rings. The number of hydrogen-bond donors (Lipinski definition) is 2. The lowest BCUT2D eigenvalue weighted by atomic mass is 10.1. The van der Waals surface area contributed by atoms with Crippen LogP contribution in [0.15, 0.2) is 48.8 Å². The van der Waals surface area contributed by atoms with Crippen LogP contribution in [0.2, 0.25) is 0 Å². The lowest BCUT2D eigenvalue weighted by Gasteiger charge is -2.12. The van der Waals surface area contributed by atoms with Crippen molar-refractivity contribution < 1.29 is 19.1 Å². The number of benzene rings is 2. The molecule has 3 aromatic rings. The Morgan fingerprint density at radius 3 is 2.38 bits per heavy atom. The highest BCUT2D eigenvalue weighted by molar-refractivity contribution is 5.73. The van der Waals surface area contributed by atoms with Crippen LogP contribution in [-0.2, 0) is 6.42 Å². The molecule has 2 N–H and O–H groups in total. The Labute approximate surface area is 185 Å². The minimum absolute atomic E-state index is 0.0998. The highest BCUT2D eigenvalue weighted by Crippen LogP contribution is 2.32. The Kier molecular flexibility index (Phi) is 7.63. The van der Waals surface area contributed by atoms with Crippen LogP contribution < -0.4 is 24.8 Å². The summed E-state index contributed by atoms with van der Waals surface area (Å²) < 4.78 is 16.0. The highest BCUT2D eigenvalue weighted by Gasteiger charge is 2.23. The van der Waals surface area contributed by atoms with Gasteiger partial charge in [-0.15, -0.1) is 0 Å². The number of anilines is 3. The van der Waals surface area contributed by atoms with Crippen molar-refractivity contribution in [1.82, 2.24) is 9.97 Å². The van der Waals surface area contributed by atoms with Crippen molar-refractivity contribution in [1.29, 1.82) is 0 Å². The van der Waals surface area contributed by atoms with Gasteiger partial charge >= 0.3 is 5.69 Å². The molecule has 0 aliphatic heterocycles. The molecule has 0 unspecified atom stereocenters. The molecular formula is C22H25N5O5. The molecule has 32 heavy (non-hydrogen) atoms. The molecule has 3 rings (SSSR count). The Morgan fingerprint density at radius 2 is 1.72 bits per heavy atom. The first-order valence-electron chi connectivity index (χ1n) is 9.99. The van der Waals surface area contributed by atoms with E-state index in [0.717, 1.165) is 5.56 Å². The number of nitro groups is 1. The van der Waals surface area contributed by atoms with E-state index in [9.17, 15) is 10.1 Å². The zero-order valence-corrected chi connectivity index (χ0v) is 18.1. The average molecular weight is 439 g/mol. The monoisotopic (exact) mass is 439 g/mol. The van der Waals surface area contributed by atoms with Crippen molar-refractivity contribution >= 4 is 23.0 Å². The first-order valence-corrected chi connectivity index (χ1v) is 9.99. The molecule has 10 nitrogen and oxygen atoms in total.